The molecule has 0 fully saturated rings. The number of aromatic amines is 1. The molecule has 1 amide bonds. The van der Waals surface area contributed by atoms with Crippen molar-refractivity contribution >= 4 is 11.6 Å². The maximum Gasteiger partial charge on any atom is 0.270 e. The van der Waals surface area contributed by atoms with Crippen molar-refractivity contribution in [2.75, 3.05) is 0 Å². The molecular weight excluding hydrogens is 259 g/mol. The number of amides is 1. The fourth-order valence-electron chi connectivity index (χ4n) is 1.31. The van der Waals surface area contributed by atoms with Gasteiger partial charge in [0.05, 0.1) is 17.0 Å². The molecule has 0 spiro atoms. The standard InChI is InChI=1S/C9H7FN6O3/c10-7-2-1-5(16(18)19)3-6(7)9(17)11-4-8-12-14-15-13-8/h1-3H,4H2,(H,11,17)(H,12,13,14,15). The highest BCUT2D eigenvalue weighted by atomic mass is 19.1. The summed E-state index contributed by atoms with van der Waals surface area (Å²) < 4.78 is 13.4. The fraction of sp³-hybridized carbons (Fsp3) is 0.111. The Balaban J connectivity index is 2.14. The lowest BCUT2D eigenvalue weighted by Gasteiger charge is -2.03. The van der Waals surface area contributed by atoms with Crippen LogP contribution < -0.4 is 5.32 Å². The highest BCUT2D eigenvalue weighted by molar-refractivity contribution is 5.95. The van der Waals surface area contributed by atoms with E-state index in [1.54, 1.807) is 0 Å². The number of nitrogens with zero attached hydrogens (tertiary/aromatic N) is 4. The van der Waals surface area contributed by atoms with Crippen LogP contribution in [0.15, 0.2) is 18.2 Å². The van der Waals surface area contributed by atoms with Gasteiger partial charge in [0.2, 0.25) is 0 Å². The number of non-ortho nitro benzene ring substituents is 1. The van der Waals surface area contributed by atoms with E-state index in [9.17, 15) is 19.3 Å². The van der Waals surface area contributed by atoms with Gasteiger partial charge in [0, 0.05) is 12.1 Å². The third kappa shape index (κ3) is 2.86. The molecule has 1 aromatic carbocycles. The molecule has 98 valence electrons. The summed E-state index contributed by atoms with van der Waals surface area (Å²) in [5.74, 6) is -1.44. The number of halogens is 1. The molecular formula is C9H7FN6O3. The molecule has 19 heavy (non-hydrogen) atoms. The predicted molar refractivity (Wildman–Crippen MR) is 58.4 cm³/mol. The Morgan fingerprint density at radius 2 is 2.32 bits per heavy atom. The van der Waals surface area contributed by atoms with Crippen molar-refractivity contribution in [2.24, 2.45) is 0 Å². The molecule has 0 bridgehead atoms. The van der Waals surface area contributed by atoms with Crippen LogP contribution in [0.3, 0.4) is 0 Å². The number of tetrazole rings is 1. The van der Waals surface area contributed by atoms with E-state index in [2.05, 4.69) is 25.9 Å². The van der Waals surface area contributed by atoms with Gasteiger partial charge in [-0.1, -0.05) is 5.21 Å². The summed E-state index contributed by atoms with van der Waals surface area (Å²) in [6, 6.07) is 2.70. The van der Waals surface area contributed by atoms with E-state index in [1.165, 1.54) is 0 Å². The van der Waals surface area contributed by atoms with Gasteiger partial charge in [0.15, 0.2) is 5.82 Å². The summed E-state index contributed by atoms with van der Waals surface area (Å²) in [4.78, 5) is 21.5. The van der Waals surface area contributed by atoms with E-state index in [0.717, 1.165) is 18.2 Å². The molecule has 1 aromatic heterocycles. The summed E-state index contributed by atoms with van der Waals surface area (Å²) in [5, 5.41) is 25.5. The van der Waals surface area contributed by atoms with Crippen molar-refractivity contribution in [3.05, 3.63) is 45.5 Å². The number of carbonyl (C=O) groups is 1. The SMILES string of the molecule is O=C(NCc1nn[nH]n1)c1cc([N+](=O)[O-])ccc1F. The van der Waals surface area contributed by atoms with Crippen LogP contribution in [0, 0.1) is 15.9 Å². The van der Waals surface area contributed by atoms with Crippen molar-refractivity contribution in [2.45, 2.75) is 6.54 Å². The molecule has 0 saturated carbocycles. The number of hydrogen-bond acceptors (Lipinski definition) is 6. The predicted octanol–water partition coefficient (Wildman–Crippen LogP) is 0.177. The van der Waals surface area contributed by atoms with E-state index in [-0.39, 0.29) is 18.1 Å². The molecule has 9 nitrogen and oxygen atoms in total. The third-order valence-corrected chi connectivity index (χ3v) is 2.20. The number of nitro benzene ring substituents is 1. The number of hydrogen-bond donors (Lipinski definition) is 2. The molecule has 0 aliphatic heterocycles. The van der Waals surface area contributed by atoms with Gasteiger partial charge in [-0.15, -0.1) is 10.2 Å². The number of nitro groups is 1. The Kier molecular flexibility index (Phi) is 3.41. The maximum atomic E-state index is 13.4. The van der Waals surface area contributed by atoms with Crippen LogP contribution in [0.1, 0.15) is 16.2 Å². The van der Waals surface area contributed by atoms with Crippen LogP contribution in [-0.4, -0.2) is 31.5 Å². The second-order valence-corrected chi connectivity index (χ2v) is 3.43. The first-order valence-electron chi connectivity index (χ1n) is 5.02. The number of aromatic nitrogens is 4. The zero-order valence-electron chi connectivity index (χ0n) is 9.33. The molecule has 2 rings (SSSR count). The lowest BCUT2D eigenvalue weighted by Crippen LogP contribution is -2.24. The van der Waals surface area contributed by atoms with Gasteiger partial charge in [0.1, 0.15) is 5.82 Å². The number of carbonyl (C=O) groups excluding carboxylic acids is 1. The summed E-state index contributed by atoms with van der Waals surface area (Å²) in [6.07, 6.45) is 0. The molecule has 2 N–H and O–H groups in total. The highest BCUT2D eigenvalue weighted by Gasteiger charge is 2.17. The summed E-state index contributed by atoms with van der Waals surface area (Å²) in [7, 11) is 0. The van der Waals surface area contributed by atoms with Crippen molar-refractivity contribution in [3.63, 3.8) is 0 Å². The number of rotatable bonds is 4. The monoisotopic (exact) mass is 266 g/mol. The lowest BCUT2D eigenvalue weighted by atomic mass is 10.1. The maximum absolute atomic E-state index is 13.4. The molecule has 0 saturated heterocycles. The first-order chi connectivity index (χ1) is 9.08. The minimum absolute atomic E-state index is 0.0720. The third-order valence-electron chi connectivity index (χ3n) is 2.20. The second kappa shape index (κ2) is 5.16. The Morgan fingerprint density at radius 3 is 2.95 bits per heavy atom. The van der Waals surface area contributed by atoms with Crippen molar-refractivity contribution < 1.29 is 14.1 Å². The van der Waals surface area contributed by atoms with E-state index < -0.39 is 22.2 Å². The van der Waals surface area contributed by atoms with E-state index >= 15 is 0 Å². The van der Waals surface area contributed by atoms with Crippen LogP contribution in [0.4, 0.5) is 10.1 Å². The zero-order chi connectivity index (χ0) is 13.8. The number of benzene rings is 1. The van der Waals surface area contributed by atoms with Gasteiger partial charge >= 0.3 is 0 Å². The quantitative estimate of drug-likeness (QED) is 0.600. The van der Waals surface area contributed by atoms with E-state index in [4.69, 9.17) is 0 Å². The Labute approximate surface area is 105 Å². The lowest BCUT2D eigenvalue weighted by molar-refractivity contribution is -0.384. The van der Waals surface area contributed by atoms with Gasteiger partial charge < -0.3 is 5.32 Å². The van der Waals surface area contributed by atoms with E-state index in [1.807, 2.05) is 0 Å². The molecule has 0 aliphatic carbocycles. The number of H-pyrrole nitrogens is 1. The van der Waals surface area contributed by atoms with E-state index in [0.29, 0.717) is 0 Å². The van der Waals surface area contributed by atoms with Gasteiger partial charge in [-0.05, 0) is 6.07 Å². The van der Waals surface area contributed by atoms with Crippen molar-refractivity contribution in [3.8, 4) is 0 Å². The average molecular weight is 266 g/mol. The molecule has 0 aliphatic rings. The van der Waals surface area contributed by atoms with Gasteiger partial charge in [-0.2, -0.15) is 5.21 Å². The molecule has 0 unspecified atom stereocenters. The minimum atomic E-state index is -0.851. The summed E-state index contributed by atoms with van der Waals surface area (Å²) in [5.41, 5.74) is -0.788. The van der Waals surface area contributed by atoms with Gasteiger partial charge in [-0.25, -0.2) is 4.39 Å². The summed E-state index contributed by atoms with van der Waals surface area (Å²) in [6.45, 7) is -0.0720. The smallest absolute Gasteiger partial charge is 0.270 e. The highest BCUT2D eigenvalue weighted by Crippen LogP contribution is 2.16. The Bertz CT molecular complexity index is 614. The molecule has 2 aromatic rings. The molecule has 0 radical (unpaired) electrons. The fourth-order valence-corrected chi connectivity index (χ4v) is 1.31. The normalized spacial score (nSPS) is 10.2. The largest absolute Gasteiger partial charge is 0.344 e. The van der Waals surface area contributed by atoms with Crippen LogP contribution in [-0.2, 0) is 6.54 Å². The Hall–Kier alpha value is -2.91. The first kappa shape index (κ1) is 12.5. The second-order valence-electron chi connectivity index (χ2n) is 3.43. The van der Waals surface area contributed by atoms with Crippen molar-refractivity contribution in [1.29, 1.82) is 0 Å². The molecule has 0 atom stereocenters. The number of nitrogens with one attached hydrogen (secondary N) is 2. The van der Waals surface area contributed by atoms with Crippen LogP contribution >= 0.6 is 0 Å². The van der Waals surface area contributed by atoms with Gasteiger partial charge in [-0.3, -0.25) is 14.9 Å². The van der Waals surface area contributed by atoms with Crippen LogP contribution in [0.2, 0.25) is 0 Å². The minimum Gasteiger partial charge on any atom is -0.344 e. The van der Waals surface area contributed by atoms with Crippen LogP contribution in [0.5, 0.6) is 0 Å². The Morgan fingerprint density at radius 1 is 1.53 bits per heavy atom. The molecule has 10 heteroatoms. The average Bonchev–Trinajstić information content (AvgIpc) is 2.89. The molecule has 1 heterocycles. The topological polar surface area (TPSA) is 127 Å². The first-order valence-corrected chi connectivity index (χ1v) is 5.02. The van der Waals surface area contributed by atoms with Crippen LogP contribution in [0.25, 0.3) is 0 Å². The zero-order valence-corrected chi connectivity index (χ0v) is 9.33. The van der Waals surface area contributed by atoms with Gasteiger partial charge in [0.25, 0.3) is 11.6 Å². The summed E-state index contributed by atoms with van der Waals surface area (Å²) >= 11 is 0. The van der Waals surface area contributed by atoms with Crippen molar-refractivity contribution in [1.82, 2.24) is 25.9 Å².